The third-order valence-electron chi connectivity index (χ3n) is 2.27. The molecule has 0 aliphatic carbocycles. The molecule has 1 heterocycles. The summed E-state index contributed by atoms with van der Waals surface area (Å²) in [7, 11) is 1.67. The molecule has 2 aromatic rings. The zero-order valence-corrected chi connectivity index (χ0v) is 8.90. The van der Waals surface area contributed by atoms with Crippen LogP contribution in [0.2, 0.25) is 0 Å². The third-order valence-corrected chi connectivity index (χ3v) is 2.27. The minimum Gasteiger partial charge on any atom is -0.496 e. The van der Waals surface area contributed by atoms with Gasteiger partial charge in [-0.1, -0.05) is 0 Å². The van der Waals surface area contributed by atoms with Crippen LogP contribution in [0, 0.1) is 13.8 Å². The number of nitrogens with one attached hydrogen (secondary N) is 1. The molecule has 2 rings (SSSR count). The van der Waals surface area contributed by atoms with Crippen LogP contribution in [0.3, 0.4) is 0 Å². The molecule has 0 bridgehead atoms. The van der Waals surface area contributed by atoms with E-state index >= 15 is 0 Å². The smallest absolute Gasteiger partial charge is 0.204 e. The molecular formula is C10H12N4O. The third kappa shape index (κ3) is 1.68. The average molecular weight is 204 g/mol. The average Bonchev–Trinajstić information content (AvgIpc) is 2.69. The van der Waals surface area contributed by atoms with Gasteiger partial charge in [-0.3, -0.25) is 0 Å². The number of hydrogen-bond donors (Lipinski definition) is 1. The summed E-state index contributed by atoms with van der Waals surface area (Å²) >= 11 is 0. The van der Waals surface area contributed by atoms with Gasteiger partial charge in [-0.25, -0.2) is 0 Å². The zero-order valence-electron chi connectivity index (χ0n) is 8.90. The molecular weight excluding hydrogens is 192 g/mol. The van der Waals surface area contributed by atoms with Crippen LogP contribution in [0.4, 0.5) is 0 Å². The first-order chi connectivity index (χ1) is 7.22. The van der Waals surface area contributed by atoms with Crippen LogP contribution in [-0.2, 0) is 0 Å². The number of aromatic nitrogens is 4. The van der Waals surface area contributed by atoms with Gasteiger partial charge in [0.1, 0.15) is 5.75 Å². The first-order valence-electron chi connectivity index (χ1n) is 4.61. The van der Waals surface area contributed by atoms with Crippen molar-refractivity contribution in [3.05, 3.63) is 23.3 Å². The first-order valence-corrected chi connectivity index (χ1v) is 4.61. The standard InChI is InChI=1S/C10H12N4O/c1-6-4-8(10-11-13-14-12-10)5-7(2)9(6)15-3/h4-5H,1-3H3,(H,11,12,13,14). The van der Waals surface area contributed by atoms with Gasteiger partial charge < -0.3 is 4.74 Å². The molecule has 0 amide bonds. The number of benzene rings is 1. The Morgan fingerprint density at radius 1 is 1.20 bits per heavy atom. The minimum atomic E-state index is 0.601. The predicted molar refractivity (Wildman–Crippen MR) is 55.6 cm³/mol. The Labute approximate surface area is 87.5 Å². The van der Waals surface area contributed by atoms with E-state index in [-0.39, 0.29) is 0 Å². The maximum Gasteiger partial charge on any atom is 0.204 e. The molecule has 0 spiro atoms. The van der Waals surface area contributed by atoms with Crippen LogP contribution >= 0.6 is 0 Å². The molecule has 0 atom stereocenters. The molecule has 5 nitrogen and oxygen atoms in total. The van der Waals surface area contributed by atoms with Gasteiger partial charge in [-0.15, -0.1) is 10.2 Å². The van der Waals surface area contributed by atoms with Crippen molar-refractivity contribution < 1.29 is 4.74 Å². The molecule has 1 aromatic heterocycles. The van der Waals surface area contributed by atoms with Crippen LogP contribution in [0.25, 0.3) is 11.4 Å². The van der Waals surface area contributed by atoms with Crippen LogP contribution in [0.15, 0.2) is 12.1 Å². The molecule has 0 saturated carbocycles. The molecule has 0 saturated heterocycles. The van der Waals surface area contributed by atoms with Gasteiger partial charge in [0, 0.05) is 5.56 Å². The van der Waals surface area contributed by atoms with E-state index in [1.807, 2.05) is 26.0 Å². The molecule has 15 heavy (non-hydrogen) atoms. The monoisotopic (exact) mass is 204 g/mol. The quantitative estimate of drug-likeness (QED) is 0.805. The summed E-state index contributed by atoms with van der Waals surface area (Å²) in [5.41, 5.74) is 3.08. The lowest BCUT2D eigenvalue weighted by molar-refractivity contribution is 0.408. The summed E-state index contributed by atoms with van der Waals surface area (Å²) in [5.74, 6) is 1.51. The fourth-order valence-electron chi connectivity index (χ4n) is 1.69. The van der Waals surface area contributed by atoms with Gasteiger partial charge in [0.25, 0.3) is 0 Å². The van der Waals surface area contributed by atoms with Gasteiger partial charge >= 0.3 is 0 Å². The number of tetrazole rings is 1. The van der Waals surface area contributed by atoms with Gasteiger partial charge in [0.05, 0.1) is 7.11 Å². The SMILES string of the molecule is COc1c(C)cc(-c2nn[nH]n2)cc1C. The highest BCUT2D eigenvalue weighted by Crippen LogP contribution is 2.27. The van der Waals surface area contributed by atoms with E-state index in [2.05, 4.69) is 20.6 Å². The Morgan fingerprint density at radius 3 is 2.33 bits per heavy atom. The van der Waals surface area contributed by atoms with Crippen LogP contribution in [0.1, 0.15) is 11.1 Å². The summed E-state index contributed by atoms with van der Waals surface area (Å²) in [4.78, 5) is 0. The second-order valence-corrected chi connectivity index (χ2v) is 3.38. The Morgan fingerprint density at radius 2 is 1.87 bits per heavy atom. The number of hydrogen-bond acceptors (Lipinski definition) is 4. The van der Waals surface area contributed by atoms with Crippen LogP contribution in [-0.4, -0.2) is 27.7 Å². The molecule has 1 N–H and O–H groups in total. The van der Waals surface area contributed by atoms with Crippen molar-refractivity contribution >= 4 is 0 Å². The van der Waals surface area contributed by atoms with Crippen molar-refractivity contribution in [3.8, 4) is 17.1 Å². The van der Waals surface area contributed by atoms with E-state index in [0.717, 1.165) is 22.4 Å². The van der Waals surface area contributed by atoms with E-state index in [1.165, 1.54) is 0 Å². The summed E-state index contributed by atoms with van der Waals surface area (Å²) in [6.07, 6.45) is 0. The number of methoxy groups -OCH3 is 1. The number of aromatic amines is 1. The van der Waals surface area contributed by atoms with E-state index in [4.69, 9.17) is 4.74 Å². The van der Waals surface area contributed by atoms with Crippen LogP contribution in [0.5, 0.6) is 5.75 Å². The van der Waals surface area contributed by atoms with E-state index in [9.17, 15) is 0 Å². The van der Waals surface area contributed by atoms with Crippen molar-refractivity contribution in [1.82, 2.24) is 20.6 Å². The van der Waals surface area contributed by atoms with Crippen LogP contribution < -0.4 is 4.74 Å². The molecule has 0 aliphatic heterocycles. The lowest BCUT2D eigenvalue weighted by Gasteiger charge is -2.09. The number of H-pyrrole nitrogens is 1. The second kappa shape index (κ2) is 3.68. The summed E-state index contributed by atoms with van der Waals surface area (Å²) < 4.78 is 5.28. The number of aryl methyl sites for hydroxylation is 2. The Hall–Kier alpha value is -1.91. The maximum atomic E-state index is 5.28. The molecule has 1 aromatic carbocycles. The van der Waals surface area contributed by atoms with E-state index < -0.39 is 0 Å². The first kappa shape index (κ1) is 9.64. The molecule has 0 radical (unpaired) electrons. The van der Waals surface area contributed by atoms with Gasteiger partial charge in [-0.05, 0) is 42.3 Å². The fraction of sp³-hybridized carbons (Fsp3) is 0.300. The lowest BCUT2D eigenvalue weighted by Crippen LogP contribution is -1.92. The van der Waals surface area contributed by atoms with Crippen molar-refractivity contribution in [2.24, 2.45) is 0 Å². The zero-order chi connectivity index (χ0) is 10.8. The fourth-order valence-corrected chi connectivity index (χ4v) is 1.69. The molecule has 78 valence electrons. The van der Waals surface area contributed by atoms with E-state index in [0.29, 0.717) is 5.82 Å². The second-order valence-electron chi connectivity index (χ2n) is 3.38. The molecule has 0 fully saturated rings. The highest BCUT2D eigenvalue weighted by molar-refractivity contribution is 5.60. The number of rotatable bonds is 2. The van der Waals surface area contributed by atoms with Gasteiger partial charge in [0.15, 0.2) is 0 Å². The lowest BCUT2D eigenvalue weighted by atomic mass is 10.1. The van der Waals surface area contributed by atoms with Crippen molar-refractivity contribution in [3.63, 3.8) is 0 Å². The normalized spacial score (nSPS) is 10.3. The molecule has 0 unspecified atom stereocenters. The number of ether oxygens (including phenoxy) is 1. The highest BCUT2D eigenvalue weighted by atomic mass is 16.5. The van der Waals surface area contributed by atoms with Crippen molar-refractivity contribution in [2.45, 2.75) is 13.8 Å². The maximum absolute atomic E-state index is 5.28. The predicted octanol–water partition coefficient (Wildman–Crippen LogP) is 1.49. The van der Waals surface area contributed by atoms with Crippen molar-refractivity contribution in [1.29, 1.82) is 0 Å². The minimum absolute atomic E-state index is 0.601. The number of nitrogens with zero attached hydrogens (tertiary/aromatic N) is 3. The Kier molecular flexibility index (Phi) is 2.37. The Balaban J connectivity index is 2.53. The van der Waals surface area contributed by atoms with Crippen molar-refractivity contribution in [2.75, 3.05) is 7.11 Å². The molecule has 5 heteroatoms. The highest BCUT2D eigenvalue weighted by Gasteiger charge is 2.09. The van der Waals surface area contributed by atoms with Gasteiger partial charge in [0.2, 0.25) is 5.82 Å². The summed E-state index contributed by atoms with van der Waals surface area (Å²) in [6.45, 7) is 3.99. The van der Waals surface area contributed by atoms with Gasteiger partial charge in [-0.2, -0.15) is 5.21 Å². The Bertz CT molecular complexity index is 441. The topological polar surface area (TPSA) is 63.7 Å². The summed E-state index contributed by atoms with van der Waals surface area (Å²) in [6, 6.07) is 3.97. The molecule has 0 aliphatic rings. The summed E-state index contributed by atoms with van der Waals surface area (Å²) in [5, 5.41) is 13.8. The van der Waals surface area contributed by atoms with E-state index in [1.54, 1.807) is 7.11 Å². The largest absolute Gasteiger partial charge is 0.496 e.